The van der Waals surface area contributed by atoms with Crippen molar-refractivity contribution in [1.29, 1.82) is 0 Å². The van der Waals surface area contributed by atoms with Crippen LogP contribution < -0.4 is 5.32 Å². The predicted octanol–water partition coefficient (Wildman–Crippen LogP) is 2.08. The first kappa shape index (κ1) is 13.6. The number of hydrogen-bond acceptors (Lipinski definition) is 2. The first-order valence-electron chi connectivity index (χ1n) is 5.70. The third-order valence-corrected chi connectivity index (χ3v) is 2.75. The highest BCUT2D eigenvalue weighted by atomic mass is 19.1. The van der Waals surface area contributed by atoms with Gasteiger partial charge in [-0.15, -0.1) is 0 Å². The molecule has 0 aromatic heterocycles. The molecule has 1 rings (SSSR count). The number of amides is 1. The summed E-state index contributed by atoms with van der Waals surface area (Å²) < 4.78 is 13.0. The van der Waals surface area contributed by atoms with Gasteiger partial charge in [0.2, 0.25) is 0 Å². The Morgan fingerprint density at radius 1 is 1.53 bits per heavy atom. The lowest BCUT2D eigenvalue weighted by Gasteiger charge is -2.16. The zero-order valence-electron chi connectivity index (χ0n) is 10.3. The Morgan fingerprint density at radius 3 is 2.71 bits per heavy atom. The van der Waals surface area contributed by atoms with E-state index in [1.54, 1.807) is 6.92 Å². The number of hydrogen-bond donors (Lipinski definition) is 2. The smallest absolute Gasteiger partial charge is 0.253 e. The molecule has 0 heterocycles. The number of carbonyl (C=O) groups is 1. The summed E-state index contributed by atoms with van der Waals surface area (Å²) >= 11 is 0. The fourth-order valence-electron chi connectivity index (χ4n) is 1.41. The minimum absolute atomic E-state index is 0.0127. The number of aryl methyl sites for hydroxylation is 1. The lowest BCUT2D eigenvalue weighted by molar-refractivity contribution is -0.130. The fourth-order valence-corrected chi connectivity index (χ4v) is 1.41. The van der Waals surface area contributed by atoms with Crippen LogP contribution in [0.25, 0.3) is 0 Å². The van der Waals surface area contributed by atoms with Gasteiger partial charge in [0.15, 0.2) is 6.10 Å². The molecule has 0 spiro atoms. The van der Waals surface area contributed by atoms with Crippen molar-refractivity contribution in [2.45, 2.75) is 39.3 Å². The topological polar surface area (TPSA) is 49.3 Å². The first-order chi connectivity index (χ1) is 7.95. The van der Waals surface area contributed by atoms with Gasteiger partial charge < -0.3 is 10.4 Å². The van der Waals surface area contributed by atoms with E-state index in [2.05, 4.69) is 5.32 Å². The van der Waals surface area contributed by atoms with Gasteiger partial charge in [0.25, 0.3) is 5.91 Å². The molecule has 0 bridgehead atoms. The second-order valence-corrected chi connectivity index (χ2v) is 4.23. The molecule has 3 nitrogen and oxygen atoms in total. The van der Waals surface area contributed by atoms with Crippen molar-refractivity contribution in [1.82, 2.24) is 5.32 Å². The maximum atomic E-state index is 13.0. The van der Waals surface area contributed by atoms with Crippen LogP contribution in [0.1, 0.15) is 37.5 Å². The SMILES string of the molecule is CCC(C)NC(=O)C(O)c1ccc(F)c(C)c1. The molecule has 2 N–H and O–H groups in total. The Morgan fingerprint density at radius 2 is 2.18 bits per heavy atom. The predicted molar refractivity (Wildman–Crippen MR) is 64.0 cm³/mol. The number of halogens is 1. The molecule has 1 amide bonds. The van der Waals surface area contributed by atoms with E-state index in [-0.39, 0.29) is 11.9 Å². The molecular formula is C13H18FNO2. The van der Waals surface area contributed by atoms with E-state index in [0.29, 0.717) is 11.1 Å². The second-order valence-electron chi connectivity index (χ2n) is 4.23. The molecule has 0 saturated heterocycles. The van der Waals surface area contributed by atoms with Crippen LogP contribution in [-0.2, 0) is 4.79 Å². The average molecular weight is 239 g/mol. The van der Waals surface area contributed by atoms with Crippen LogP contribution in [-0.4, -0.2) is 17.1 Å². The van der Waals surface area contributed by atoms with Gasteiger partial charge in [0.05, 0.1) is 0 Å². The summed E-state index contributed by atoms with van der Waals surface area (Å²) in [4.78, 5) is 11.7. The highest BCUT2D eigenvalue weighted by Crippen LogP contribution is 2.17. The van der Waals surface area contributed by atoms with Crippen LogP contribution in [0.3, 0.4) is 0 Å². The third-order valence-electron chi connectivity index (χ3n) is 2.75. The second kappa shape index (κ2) is 5.77. The summed E-state index contributed by atoms with van der Waals surface area (Å²) in [7, 11) is 0. The summed E-state index contributed by atoms with van der Waals surface area (Å²) in [5, 5.41) is 12.5. The van der Waals surface area contributed by atoms with Crippen molar-refractivity contribution in [3.63, 3.8) is 0 Å². The summed E-state index contributed by atoms with van der Waals surface area (Å²) in [6, 6.07) is 4.17. The van der Waals surface area contributed by atoms with E-state index in [9.17, 15) is 14.3 Å². The monoisotopic (exact) mass is 239 g/mol. The molecule has 17 heavy (non-hydrogen) atoms. The van der Waals surface area contributed by atoms with Gasteiger partial charge in [0, 0.05) is 6.04 Å². The van der Waals surface area contributed by atoms with E-state index in [1.165, 1.54) is 18.2 Å². The molecule has 0 aliphatic rings. The molecule has 1 aromatic carbocycles. The summed E-state index contributed by atoms with van der Waals surface area (Å²) in [6.07, 6.45) is -0.454. The zero-order chi connectivity index (χ0) is 13.0. The van der Waals surface area contributed by atoms with Crippen LogP contribution in [0.4, 0.5) is 4.39 Å². The molecule has 1 aromatic rings. The summed E-state index contributed by atoms with van der Waals surface area (Å²) in [6.45, 7) is 5.40. The van der Waals surface area contributed by atoms with Gasteiger partial charge in [-0.3, -0.25) is 4.79 Å². The van der Waals surface area contributed by atoms with Crippen LogP contribution in [0.5, 0.6) is 0 Å². The quantitative estimate of drug-likeness (QED) is 0.845. The Kier molecular flexibility index (Phi) is 4.63. The first-order valence-corrected chi connectivity index (χ1v) is 5.70. The Balaban J connectivity index is 2.78. The van der Waals surface area contributed by atoms with Crippen LogP contribution >= 0.6 is 0 Å². The minimum atomic E-state index is -1.25. The van der Waals surface area contributed by atoms with Gasteiger partial charge in [0.1, 0.15) is 5.82 Å². The number of aliphatic hydroxyl groups excluding tert-OH is 1. The van der Waals surface area contributed by atoms with E-state index >= 15 is 0 Å². The standard InChI is InChI=1S/C13H18FNO2/c1-4-9(3)15-13(17)12(16)10-5-6-11(14)8(2)7-10/h5-7,9,12,16H,4H2,1-3H3,(H,15,17). The van der Waals surface area contributed by atoms with Gasteiger partial charge >= 0.3 is 0 Å². The highest BCUT2D eigenvalue weighted by molar-refractivity contribution is 5.82. The summed E-state index contributed by atoms with van der Waals surface area (Å²) in [5.41, 5.74) is 0.822. The van der Waals surface area contributed by atoms with E-state index in [0.717, 1.165) is 6.42 Å². The maximum Gasteiger partial charge on any atom is 0.253 e. The molecule has 0 radical (unpaired) electrons. The Hall–Kier alpha value is -1.42. The number of aliphatic hydroxyl groups is 1. The van der Waals surface area contributed by atoms with E-state index in [4.69, 9.17) is 0 Å². The fraction of sp³-hybridized carbons (Fsp3) is 0.462. The van der Waals surface area contributed by atoms with Crippen molar-refractivity contribution in [2.75, 3.05) is 0 Å². The van der Waals surface area contributed by atoms with Gasteiger partial charge in [-0.05, 0) is 37.5 Å². The highest BCUT2D eigenvalue weighted by Gasteiger charge is 2.19. The van der Waals surface area contributed by atoms with Crippen molar-refractivity contribution < 1.29 is 14.3 Å². The van der Waals surface area contributed by atoms with Gasteiger partial charge in [-0.1, -0.05) is 19.1 Å². The Labute approximate surface area is 101 Å². The Bertz CT molecular complexity index is 406. The normalized spacial score (nSPS) is 14.2. The molecule has 2 atom stereocenters. The van der Waals surface area contributed by atoms with E-state index in [1.807, 2.05) is 13.8 Å². The van der Waals surface area contributed by atoms with Crippen LogP contribution in [0, 0.1) is 12.7 Å². The van der Waals surface area contributed by atoms with Gasteiger partial charge in [-0.2, -0.15) is 0 Å². The molecular weight excluding hydrogens is 221 g/mol. The third kappa shape index (κ3) is 3.53. The minimum Gasteiger partial charge on any atom is -0.378 e. The average Bonchev–Trinajstić information content (AvgIpc) is 2.31. The number of rotatable bonds is 4. The number of benzene rings is 1. The van der Waals surface area contributed by atoms with Crippen molar-refractivity contribution >= 4 is 5.91 Å². The van der Waals surface area contributed by atoms with Crippen LogP contribution in [0.15, 0.2) is 18.2 Å². The van der Waals surface area contributed by atoms with Crippen molar-refractivity contribution in [3.8, 4) is 0 Å². The molecule has 4 heteroatoms. The van der Waals surface area contributed by atoms with Crippen molar-refractivity contribution in [3.05, 3.63) is 35.1 Å². The molecule has 94 valence electrons. The van der Waals surface area contributed by atoms with Crippen LogP contribution in [0.2, 0.25) is 0 Å². The molecule has 0 aliphatic carbocycles. The number of carbonyl (C=O) groups excluding carboxylic acids is 1. The lowest BCUT2D eigenvalue weighted by atomic mass is 10.1. The number of nitrogens with one attached hydrogen (secondary N) is 1. The summed E-state index contributed by atoms with van der Waals surface area (Å²) in [5.74, 6) is -0.798. The van der Waals surface area contributed by atoms with Gasteiger partial charge in [-0.25, -0.2) is 4.39 Å². The molecule has 0 fully saturated rings. The molecule has 0 aliphatic heterocycles. The zero-order valence-corrected chi connectivity index (χ0v) is 10.3. The van der Waals surface area contributed by atoms with E-state index < -0.39 is 12.0 Å². The lowest BCUT2D eigenvalue weighted by Crippen LogP contribution is -2.35. The molecule has 0 saturated carbocycles. The maximum absolute atomic E-state index is 13.0. The molecule has 2 unspecified atom stereocenters. The largest absolute Gasteiger partial charge is 0.378 e. The van der Waals surface area contributed by atoms with Crippen molar-refractivity contribution in [2.24, 2.45) is 0 Å².